The molecule has 0 aromatic carbocycles. The SMILES string of the molecule is Cc1n[nH]c(=O)c(C(=O)N2CCCCC2C(=O)O)c1C. The summed E-state index contributed by atoms with van der Waals surface area (Å²) in [5.41, 5.74) is 0.462. The first kappa shape index (κ1) is 14.2. The molecule has 108 valence electrons. The van der Waals surface area contributed by atoms with E-state index in [1.54, 1.807) is 13.8 Å². The number of piperidine rings is 1. The van der Waals surface area contributed by atoms with Crippen LogP contribution in [0.4, 0.5) is 0 Å². The lowest BCUT2D eigenvalue weighted by molar-refractivity contribution is -0.143. The van der Waals surface area contributed by atoms with Crippen LogP contribution in [0, 0.1) is 13.8 Å². The molecule has 2 rings (SSSR count). The van der Waals surface area contributed by atoms with Crippen LogP contribution in [0.15, 0.2) is 4.79 Å². The van der Waals surface area contributed by atoms with Crippen molar-refractivity contribution in [2.75, 3.05) is 6.54 Å². The van der Waals surface area contributed by atoms with Gasteiger partial charge in [0, 0.05) is 6.54 Å². The van der Waals surface area contributed by atoms with E-state index < -0.39 is 23.5 Å². The van der Waals surface area contributed by atoms with Crippen LogP contribution in [0.3, 0.4) is 0 Å². The van der Waals surface area contributed by atoms with Crippen molar-refractivity contribution in [1.29, 1.82) is 0 Å². The van der Waals surface area contributed by atoms with E-state index in [4.69, 9.17) is 0 Å². The summed E-state index contributed by atoms with van der Waals surface area (Å²) in [6, 6.07) is -0.858. The Labute approximate surface area is 115 Å². The third-order valence-electron chi connectivity index (χ3n) is 3.73. The summed E-state index contributed by atoms with van der Waals surface area (Å²) in [5.74, 6) is -1.56. The van der Waals surface area contributed by atoms with Crippen molar-refractivity contribution in [2.45, 2.75) is 39.2 Å². The summed E-state index contributed by atoms with van der Waals surface area (Å²) in [6.07, 6.45) is 1.93. The maximum atomic E-state index is 12.5. The van der Waals surface area contributed by atoms with Crippen LogP contribution in [-0.2, 0) is 4.79 Å². The number of nitrogens with zero attached hydrogens (tertiary/aromatic N) is 2. The number of aliphatic carboxylic acids is 1. The molecule has 1 amide bonds. The first-order chi connectivity index (χ1) is 9.43. The van der Waals surface area contributed by atoms with Gasteiger partial charge in [-0.1, -0.05) is 0 Å². The van der Waals surface area contributed by atoms with Gasteiger partial charge in [-0.15, -0.1) is 0 Å². The second-order valence-electron chi connectivity index (χ2n) is 4.99. The van der Waals surface area contributed by atoms with Crippen molar-refractivity contribution in [3.8, 4) is 0 Å². The third-order valence-corrected chi connectivity index (χ3v) is 3.73. The van der Waals surface area contributed by atoms with Crippen LogP contribution in [0.2, 0.25) is 0 Å². The number of likely N-dealkylation sites (tertiary alicyclic amines) is 1. The van der Waals surface area contributed by atoms with E-state index >= 15 is 0 Å². The van der Waals surface area contributed by atoms with Crippen LogP contribution in [0.25, 0.3) is 0 Å². The summed E-state index contributed by atoms with van der Waals surface area (Å²) in [5, 5.41) is 15.3. The highest BCUT2D eigenvalue weighted by atomic mass is 16.4. The van der Waals surface area contributed by atoms with E-state index in [-0.39, 0.29) is 5.56 Å². The molecule has 1 aliphatic rings. The number of hydrogen-bond acceptors (Lipinski definition) is 4. The van der Waals surface area contributed by atoms with Gasteiger partial charge in [0.05, 0.1) is 5.69 Å². The molecule has 20 heavy (non-hydrogen) atoms. The summed E-state index contributed by atoms with van der Waals surface area (Å²) in [7, 11) is 0. The number of hydrogen-bond donors (Lipinski definition) is 2. The van der Waals surface area contributed by atoms with E-state index in [1.165, 1.54) is 4.90 Å². The van der Waals surface area contributed by atoms with E-state index in [2.05, 4.69) is 10.2 Å². The van der Waals surface area contributed by atoms with Crippen molar-refractivity contribution >= 4 is 11.9 Å². The van der Waals surface area contributed by atoms with Crippen LogP contribution in [-0.4, -0.2) is 44.7 Å². The first-order valence-electron chi connectivity index (χ1n) is 6.53. The maximum absolute atomic E-state index is 12.5. The van der Waals surface area contributed by atoms with Crippen molar-refractivity contribution < 1.29 is 14.7 Å². The molecule has 0 bridgehead atoms. The maximum Gasteiger partial charge on any atom is 0.326 e. The minimum atomic E-state index is -1.03. The van der Waals surface area contributed by atoms with Gasteiger partial charge in [0.1, 0.15) is 11.6 Å². The lowest BCUT2D eigenvalue weighted by atomic mass is 10.00. The van der Waals surface area contributed by atoms with Gasteiger partial charge in [0.2, 0.25) is 0 Å². The van der Waals surface area contributed by atoms with E-state index in [0.717, 1.165) is 12.8 Å². The van der Waals surface area contributed by atoms with Crippen molar-refractivity contribution in [3.63, 3.8) is 0 Å². The van der Waals surface area contributed by atoms with Crippen LogP contribution in [0.5, 0.6) is 0 Å². The second kappa shape index (κ2) is 5.44. The van der Waals surface area contributed by atoms with E-state index in [9.17, 15) is 19.5 Å². The molecule has 2 N–H and O–H groups in total. The van der Waals surface area contributed by atoms with Gasteiger partial charge in [-0.3, -0.25) is 9.59 Å². The molecule has 0 radical (unpaired) electrons. The number of aromatic amines is 1. The Bertz CT molecular complexity index is 608. The average Bonchev–Trinajstić information content (AvgIpc) is 2.43. The fraction of sp³-hybridized carbons (Fsp3) is 0.538. The molecule has 0 aliphatic carbocycles. The van der Waals surface area contributed by atoms with Gasteiger partial charge in [-0.25, -0.2) is 9.89 Å². The van der Waals surface area contributed by atoms with Gasteiger partial charge in [-0.05, 0) is 38.7 Å². The number of aryl methyl sites for hydroxylation is 1. The Morgan fingerprint density at radius 1 is 1.35 bits per heavy atom. The average molecular weight is 279 g/mol. The molecule has 1 fully saturated rings. The number of amides is 1. The summed E-state index contributed by atoms with van der Waals surface area (Å²) < 4.78 is 0. The molecule has 1 unspecified atom stereocenters. The van der Waals surface area contributed by atoms with Gasteiger partial charge in [0.15, 0.2) is 0 Å². The third kappa shape index (κ3) is 2.43. The van der Waals surface area contributed by atoms with Gasteiger partial charge in [-0.2, -0.15) is 5.10 Å². The lowest BCUT2D eigenvalue weighted by Gasteiger charge is -2.33. The van der Waals surface area contributed by atoms with Gasteiger partial charge >= 0.3 is 5.97 Å². The Morgan fingerprint density at radius 2 is 2.05 bits per heavy atom. The van der Waals surface area contributed by atoms with Crippen molar-refractivity contribution in [3.05, 3.63) is 27.2 Å². The molecule has 7 nitrogen and oxygen atoms in total. The number of carbonyl (C=O) groups is 2. The molecule has 0 saturated carbocycles. The summed E-state index contributed by atoms with van der Waals surface area (Å²) in [4.78, 5) is 36.9. The number of H-pyrrole nitrogens is 1. The Hall–Kier alpha value is -2.18. The number of carbonyl (C=O) groups excluding carboxylic acids is 1. The highest BCUT2D eigenvalue weighted by Gasteiger charge is 2.34. The number of nitrogens with one attached hydrogen (secondary N) is 1. The highest BCUT2D eigenvalue weighted by molar-refractivity contribution is 5.97. The van der Waals surface area contributed by atoms with E-state index in [1.807, 2.05) is 0 Å². The summed E-state index contributed by atoms with van der Waals surface area (Å²) >= 11 is 0. The molecule has 1 atom stereocenters. The predicted octanol–water partition coefficient (Wildman–Crippen LogP) is 0.466. The van der Waals surface area contributed by atoms with Crippen LogP contribution < -0.4 is 5.56 Å². The fourth-order valence-corrected chi connectivity index (χ4v) is 2.46. The zero-order chi connectivity index (χ0) is 14.9. The quantitative estimate of drug-likeness (QED) is 0.818. The minimum absolute atomic E-state index is 0.00866. The van der Waals surface area contributed by atoms with Crippen LogP contribution in [0.1, 0.15) is 40.9 Å². The minimum Gasteiger partial charge on any atom is -0.480 e. The Kier molecular flexibility index (Phi) is 3.87. The van der Waals surface area contributed by atoms with Gasteiger partial charge in [0.25, 0.3) is 11.5 Å². The normalized spacial score (nSPS) is 18.9. The molecule has 2 heterocycles. The Morgan fingerprint density at radius 3 is 2.70 bits per heavy atom. The smallest absolute Gasteiger partial charge is 0.326 e. The monoisotopic (exact) mass is 279 g/mol. The lowest BCUT2D eigenvalue weighted by Crippen LogP contribution is -2.49. The molecular formula is C13H17N3O4. The van der Waals surface area contributed by atoms with Crippen molar-refractivity contribution in [2.24, 2.45) is 0 Å². The largest absolute Gasteiger partial charge is 0.480 e. The zero-order valence-corrected chi connectivity index (χ0v) is 11.5. The molecule has 0 spiro atoms. The number of rotatable bonds is 2. The zero-order valence-electron chi connectivity index (χ0n) is 11.5. The fourth-order valence-electron chi connectivity index (χ4n) is 2.46. The molecule has 7 heteroatoms. The molecular weight excluding hydrogens is 262 g/mol. The number of carboxylic acids is 1. The molecule has 1 saturated heterocycles. The van der Waals surface area contributed by atoms with Gasteiger partial charge < -0.3 is 10.0 Å². The van der Waals surface area contributed by atoms with E-state index in [0.29, 0.717) is 24.2 Å². The highest BCUT2D eigenvalue weighted by Crippen LogP contribution is 2.20. The van der Waals surface area contributed by atoms with Crippen molar-refractivity contribution in [1.82, 2.24) is 15.1 Å². The molecule has 1 aromatic rings. The summed E-state index contributed by atoms with van der Waals surface area (Å²) in [6.45, 7) is 3.69. The Balaban J connectivity index is 2.42. The molecule has 1 aliphatic heterocycles. The second-order valence-corrected chi connectivity index (χ2v) is 4.99. The molecule has 1 aromatic heterocycles. The van der Waals surface area contributed by atoms with Crippen LogP contribution >= 0.6 is 0 Å². The number of aromatic nitrogens is 2. The first-order valence-corrected chi connectivity index (χ1v) is 6.53. The topological polar surface area (TPSA) is 103 Å². The number of carboxylic acid groups (broad SMARTS) is 1. The predicted molar refractivity (Wildman–Crippen MR) is 70.6 cm³/mol. The standard InChI is InChI=1S/C13H17N3O4/c1-7-8(2)14-15-11(17)10(7)12(18)16-6-4-3-5-9(16)13(19)20/h9H,3-6H2,1-2H3,(H,15,17)(H,19,20).